The Labute approximate surface area is 113 Å². The zero-order chi connectivity index (χ0) is 13.0. The second-order valence-electron chi connectivity index (χ2n) is 4.86. The largest absolute Gasteiger partial charge is 0.370 e. The number of nitrogens with one attached hydrogen (secondary N) is 2. The van der Waals surface area contributed by atoms with Crippen LogP contribution in [0.4, 0.5) is 11.6 Å². The van der Waals surface area contributed by atoms with Gasteiger partial charge in [-0.3, -0.25) is 0 Å². The third-order valence-corrected chi connectivity index (χ3v) is 4.15. The summed E-state index contributed by atoms with van der Waals surface area (Å²) in [5, 5.41) is 7.53. The lowest BCUT2D eigenvalue weighted by Crippen LogP contribution is -2.15. The second kappa shape index (κ2) is 5.78. The van der Waals surface area contributed by atoms with Crippen LogP contribution in [-0.2, 0) is 0 Å². The van der Waals surface area contributed by atoms with Crippen molar-refractivity contribution >= 4 is 23.4 Å². The van der Waals surface area contributed by atoms with E-state index in [4.69, 9.17) is 0 Å². The number of rotatable bonds is 7. The van der Waals surface area contributed by atoms with Crippen LogP contribution < -0.4 is 10.6 Å². The number of aromatic nitrogens is 2. The Balaban J connectivity index is 2.04. The van der Waals surface area contributed by atoms with Gasteiger partial charge in [0, 0.05) is 19.2 Å². The summed E-state index contributed by atoms with van der Waals surface area (Å²) in [5.41, 5.74) is 0.531. The van der Waals surface area contributed by atoms with Gasteiger partial charge < -0.3 is 10.6 Å². The van der Waals surface area contributed by atoms with Gasteiger partial charge in [0.25, 0.3) is 0 Å². The van der Waals surface area contributed by atoms with E-state index in [1.54, 1.807) is 11.8 Å². The van der Waals surface area contributed by atoms with Gasteiger partial charge in [-0.1, -0.05) is 18.7 Å². The van der Waals surface area contributed by atoms with Gasteiger partial charge >= 0.3 is 0 Å². The van der Waals surface area contributed by atoms with Crippen molar-refractivity contribution in [1.29, 1.82) is 0 Å². The maximum absolute atomic E-state index is 4.50. The van der Waals surface area contributed by atoms with Gasteiger partial charge in [0.1, 0.15) is 11.6 Å². The Morgan fingerprint density at radius 1 is 1.22 bits per heavy atom. The van der Waals surface area contributed by atoms with Crippen LogP contribution >= 0.6 is 11.8 Å². The van der Waals surface area contributed by atoms with E-state index in [-0.39, 0.29) is 0 Å². The second-order valence-corrected chi connectivity index (χ2v) is 5.64. The molecule has 18 heavy (non-hydrogen) atoms. The summed E-state index contributed by atoms with van der Waals surface area (Å²) in [6, 6.07) is 2.00. The molecule has 0 aromatic carbocycles. The molecule has 0 aliphatic heterocycles. The van der Waals surface area contributed by atoms with Crippen LogP contribution in [0.3, 0.4) is 0 Å². The molecule has 2 rings (SSSR count). The van der Waals surface area contributed by atoms with Crippen LogP contribution in [0.15, 0.2) is 11.2 Å². The van der Waals surface area contributed by atoms with Crippen molar-refractivity contribution in [2.24, 2.45) is 5.41 Å². The Bertz CT molecular complexity index is 404. The Morgan fingerprint density at radius 3 is 2.39 bits per heavy atom. The van der Waals surface area contributed by atoms with Crippen LogP contribution in [0, 0.1) is 5.41 Å². The highest BCUT2D eigenvalue weighted by Gasteiger charge is 2.40. The predicted octanol–water partition coefficient (Wildman–Crippen LogP) is 3.23. The van der Waals surface area contributed by atoms with E-state index in [0.29, 0.717) is 5.41 Å². The summed E-state index contributed by atoms with van der Waals surface area (Å²) >= 11 is 1.58. The lowest BCUT2D eigenvalue weighted by atomic mass is 10.0. The first-order valence-electron chi connectivity index (χ1n) is 6.62. The lowest BCUT2D eigenvalue weighted by Gasteiger charge is -2.15. The van der Waals surface area contributed by atoms with Gasteiger partial charge in [0.15, 0.2) is 5.16 Å². The zero-order valence-electron chi connectivity index (χ0n) is 11.4. The predicted molar refractivity (Wildman–Crippen MR) is 78.4 cm³/mol. The topological polar surface area (TPSA) is 49.8 Å². The smallest absolute Gasteiger partial charge is 0.191 e. The molecule has 0 saturated heterocycles. The molecule has 1 aliphatic rings. The summed E-state index contributed by atoms with van der Waals surface area (Å²) in [4.78, 5) is 8.92. The standard InChI is InChI=1S/C13H22N4S/c1-4-13(6-7-13)9-15-11-8-10(14-5-2)16-12(17-11)18-3/h8H,4-7,9H2,1-3H3,(H2,14,15,16,17). The Kier molecular flexibility index (Phi) is 4.32. The number of hydrogen-bond donors (Lipinski definition) is 2. The van der Waals surface area contributed by atoms with E-state index in [1.165, 1.54) is 19.3 Å². The van der Waals surface area contributed by atoms with Crippen molar-refractivity contribution in [2.45, 2.75) is 38.3 Å². The quantitative estimate of drug-likeness (QED) is 0.586. The molecule has 1 aromatic rings. The van der Waals surface area contributed by atoms with Gasteiger partial charge in [-0.25, -0.2) is 9.97 Å². The first kappa shape index (κ1) is 13.5. The van der Waals surface area contributed by atoms with Gasteiger partial charge in [0.2, 0.25) is 0 Å². The van der Waals surface area contributed by atoms with Crippen LogP contribution in [-0.4, -0.2) is 29.3 Å². The van der Waals surface area contributed by atoms with E-state index < -0.39 is 0 Å². The summed E-state index contributed by atoms with van der Waals surface area (Å²) in [5.74, 6) is 1.84. The molecule has 100 valence electrons. The van der Waals surface area contributed by atoms with E-state index >= 15 is 0 Å². The molecule has 2 N–H and O–H groups in total. The minimum Gasteiger partial charge on any atom is -0.370 e. The van der Waals surface area contributed by atoms with Crippen LogP contribution in [0.2, 0.25) is 0 Å². The molecule has 0 unspecified atom stereocenters. The normalized spacial score (nSPS) is 16.4. The molecule has 4 nitrogen and oxygen atoms in total. The van der Waals surface area contributed by atoms with E-state index in [0.717, 1.165) is 29.9 Å². The summed E-state index contributed by atoms with van der Waals surface area (Å²) in [7, 11) is 0. The van der Waals surface area contributed by atoms with Crippen molar-refractivity contribution in [2.75, 3.05) is 30.0 Å². The fourth-order valence-corrected chi connectivity index (χ4v) is 2.37. The van der Waals surface area contributed by atoms with E-state index in [1.807, 2.05) is 12.3 Å². The SMILES string of the molecule is CCNc1cc(NCC2(CC)CC2)nc(SC)n1. The molecular weight excluding hydrogens is 244 g/mol. The molecule has 0 spiro atoms. The van der Waals surface area contributed by atoms with Crippen molar-refractivity contribution in [3.63, 3.8) is 0 Å². The summed E-state index contributed by atoms with van der Waals surface area (Å²) in [6.07, 6.45) is 5.94. The number of nitrogens with zero attached hydrogens (tertiary/aromatic N) is 2. The lowest BCUT2D eigenvalue weighted by molar-refractivity contribution is 0.520. The van der Waals surface area contributed by atoms with Crippen molar-refractivity contribution in [3.8, 4) is 0 Å². The molecule has 0 amide bonds. The maximum Gasteiger partial charge on any atom is 0.191 e. The number of thioether (sulfide) groups is 1. The number of anilines is 2. The Morgan fingerprint density at radius 2 is 1.89 bits per heavy atom. The molecule has 0 bridgehead atoms. The molecule has 1 aromatic heterocycles. The van der Waals surface area contributed by atoms with Gasteiger partial charge in [-0.05, 0) is 37.9 Å². The van der Waals surface area contributed by atoms with E-state index in [2.05, 4.69) is 34.4 Å². The molecule has 1 saturated carbocycles. The third kappa shape index (κ3) is 3.28. The molecule has 1 aliphatic carbocycles. The van der Waals surface area contributed by atoms with Gasteiger partial charge in [0.05, 0.1) is 0 Å². The average molecular weight is 266 g/mol. The minimum atomic E-state index is 0.531. The van der Waals surface area contributed by atoms with E-state index in [9.17, 15) is 0 Å². The van der Waals surface area contributed by atoms with Crippen LogP contribution in [0.1, 0.15) is 33.1 Å². The first-order chi connectivity index (χ1) is 8.71. The fourth-order valence-electron chi connectivity index (χ4n) is 1.99. The molecule has 1 fully saturated rings. The van der Waals surface area contributed by atoms with Crippen molar-refractivity contribution < 1.29 is 0 Å². The average Bonchev–Trinajstić information content (AvgIpc) is 3.17. The molecule has 0 radical (unpaired) electrons. The third-order valence-electron chi connectivity index (χ3n) is 3.60. The fraction of sp³-hybridized carbons (Fsp3) is 0.692. The highest BCUT2D eigenvalue weighted by atomic mass is 32.2. The monoisotopic (exact) mass is 266 g/mol. The van der Waals surface area contributed by atoms with Gasteiger partial charge in [-0.2, -0.15) is 0 Å². The zero-order valence-corrected chi connectivity index (χ0v) is 12.2. The minimum absolute atomic E-state index is 0.531. The highest BCUT2D eigenvalue weighted by Crippen LogP contribution is 2.48. The number of hydrogen-bond acceptors (Lipinski definition) is 5. The van der Waals surface area contributed by atoms with Gasteiger partial charge in [-0.15, -0.1) is 0 Å². The van der Waals surface area contributed by atoms with Crippen LogP contribution in [0.25, 0.3) is 0 Å². The molecule has 1 heterocycles. The van der Waals surface area contributed by atoms with Crippen molar-refractivity contribution in [3.05, 3.63) is 6.07 Å². The molecule has 0 atom stereocenters. The summed E-state index contributed by atoms with van der Waals surface area (Å²) in [6.45, 7) is 6.25. The Hall–Kier alpha value is -0.970. The van der Waals surface area contributed by atoms with Crippen LogP contribution in [0.5, 0.6) is 0 Å². The van der Waals surface area contributed by atoms with Crippen molar-refractivity contribution in [1.82, 2.24) is 9.97 Å². The maximum atomic E-state index is 4.50. The molecule has 5 heteroatoms. The molecular formula is C13H22N4S. The first-order valence-corrected chi connectivity index (χ1v) is 7.84. The summed E-state index contributed by atoms with van der Waals surface area (Å²) < 4.78 is 0. The highest BCUT2D eigenvalue weighted by molar-refractivity contribution is 7.98.